The summed E-state index contributed by atoms with van der Waals surface area (Å²) in [6.07, 6.45) is 6.47. The fourth-order valence-electron chi connectivity index (χ4n) is 4.31. The zero-order chi connectivity index (χ0) is 16.8. The first-order chi connectivity index (χ1) is 9.97. The molecule has 0 saturated heterocycles. The molecule has 1 N–H and O–H groups in total. The minimum atomic E-state index is -3.62. The second kappa shape index (κ2) is 5.81. The zero-order valence-corrected chi connectivity index (χ0v) is 15.4. The normalized spacial score (nSPS) is 36.0. The summed E-state index contributed by atoms with van der Waals surface area (Å²) in [6, 6.07) is 0. The summed E-state index contributed by atoms with van der Waals surface area (Å²) in [7, 11) is -3.62. The van der Waals surface area contributed by atoms with Crippen molar-refractivity contribution in [2.24, 2.45) is 23.2 Å². The van der Waals surface area contributed by atoms with Crippen LogP contribution in [0.3, 0.4) is 0 Å². The van der Waals surface area contributed by atoms with E-state index in [4.69, 9.17) is 0 Å². The number of sulfonamides is 1. The second-order valence-electron chi connectivity index (χ2n) is 8.73. The van der Waals surface area contributed by atoms with E-state index in [9.17, 15) is 13.2 Å². The van der Waals surface area contributed by atoms with Gasteiger partial charge in [0.25, 0.3) is 0 Å². The number of nitrogens with one attached hydrogen (secondary N) is 1. The maximum absolute atomic E-state index is 12.7. The number of rotatable bonds is 3. The van der Waals surface area contributed by atoms with E-state index in [2.05, 4.69) is 11.6 Å². The summed E-state index contributed by atoms with van der Waals surface area (Å²) in [6.45, 7) is 9.05. The summed E-state index contributed by atoms with van der Waals surface area (Å²) < 4.78 is 25.9. The Balaban J connectivity index is 2.11. The largest absolute Gasteiger partial charge is 0.273 e. The van der Waals surface area contributed by atoms with E-state index in [0.29, 0.717) is 11.8 Å². The van der Waals surface area contributed by atoms with E-state index in [1.807, 2.05) is 6.92 Å². The van der Waals surface area contributed by atoms with E-state index in [-0.39, 0.29) is 5.91 Å². The molecule has 4 nitrogen and oxygen atoms in total. The van der Waals surface area contributed by atoms with Crippen LogP contribution in [0.4, 0.5) is 0 Å². The first-order valence-electron chi connectivity index (χ1n) is 8.53. The summed E-state index contributed by atoms with van der Waals surface area (Å²) in [4.78, 5) is 12.7. The molecular weight excluding hydrogens is 298 g/mol. The van der Waals surface area contributed by atoms with Crippen LogP contribution in [0.5, 0.6) is 0 Å². The van der Waals surface area contributed by atoms with Crippen LogP contribution in [-0.2, 0) is 14.8 Å². The van der Waals surface area contributed by atoms with Gasteiger partial charge in [0.05, 0.1) is 4.75 Å². The molecule has 0 aromatic heterocycles. The average Bonchev–Trinajstić information content (AvgIpc) is 2.35. The quantitative estimate of drug-likeness (QED) is 0.862. The molecule has 0 aromatic carbocycles. The Kier molecular flexibility index (Phi) is 4.69. The standard InChI is InChI=1S/C17H31NO3S/c1-6-12-7-13-9-14(8-12)11-17(5,10-13)15(19)18-22(20,21)16(2,3)4/h12-14H,6-11H2,1-5H3,(H,18,19). The van der Waals surface area contributed by atoms with Gasteiger partial charge in [0, 0.05) is 5.41 Å². The smallest absolute Gasteiger partial charge is 0.239 e. The highest BCUT2D eigenvalue weighted by molar-refractivity contribution is 7.91. The molecule has 0 aromatic rings. The Morgan fingerprint density at radius 1 is 1.14 bits per heavy atom. The molecule has 2 rings (SSSR count). The molecule has 1 amide bonds. The molecule has 128 valence electrons. The van der Waals surface area contributed by atoms with Crippen molar-refractivity contribution < 1.29 is 13.2 Å². The van der Waals surface area contributed by atoms with Crippen molar-refractivity contribution >= 4 is 15.9 Å². The Morgan fingerprint density at radius 3 is 2.05 bits per heavy atom. The Morgan fingerprint density at radius 2 is 1.64 bits per heavy atom. The fourth-order valence-corrected chi connectivity index (χ4v) is 5.11. The van der Waals surface area contributed by atoms with E-state index >= 15 is 0 Å². The summed E-state index contributed by atoms with van der Waals surface area (Å²) in [5.41, 5.74) is -0.537. The van der Waals surface area contributed by atoms with Crippen molar-refractivity contribution in [1.29, 1.82) is 0 Å². The first-order valence-corrected chi connectivity index (χ1v) is 10.0. The maximum Gasteiger partial charge on any atom is 0.239 e. The monoisotopic (exact) mass is 329 g/mol. The predicted octanol–water partition coefficient (Wildman–Crippen LogP) is 3.47. The number of carbonyl (C=O) groups is 1. The Labute approximate surface area is 135 Å². The van der Waals surface area contributed by atoms with Crippen molar-refractivity contribution in [3.8, 4) is 0 Å². The van der Waals surface area contributed by atoms with Gasteiger partial charge < -0.3 is 0 Å². The number of hydrogen-bond acceptors (Lipinski definition) is 3. The molecular formula is C17H31NO3S. The van der Waals surface area contributed by atoms with Gasteiger partial charge in [0.15, 0.2) is 0 Å². The lowest BCUT2D eigenvalue weighted by atomic mass is 9.59. The van der Waals surface area contributed by atoms with E-state index in [1.165, 1.54) is 25.7 Å². The van der Waals surface area contributed by atoms with Gasteiger partial charge in [-0.15, -0.1) is 0 Å². The molecule has 2 saturated carbocycles. The molecule has 2 aliphatic rings. The Bertz CT molecular complexity index is 519. The maximum atomic E-state index is 12.7. The van der Waals surface area contributed by atoms with Crippen LogP contribution in [-0.4, -0.2) is 19.1 Å². The molecule has 0 aliphatic heterocycles. The predicted molar refractivity (Wildman–Crippen MR) is 88.8 cm³/mol. The molecule has 2 unspecified atom stereocenters. The second-order valence-corrected chi connectivity index (χ2v) is 11.2. The summed E-state index contributed by atoms with van der Waals surface area (Å²) >= 11 is 0. The molecule has 0 radical (unpaired) electrons. The minimum Gasteiger partial charge on any atom is -0.273 e. The van der Waals surface area contributed by atoms with Gasteiger partial charge in [-0.3, -0.25) is 9.52 Å². The SMILES string of the molecule is CCC1CC2CC(C1)CC(C)(C(=O)NS(=O)(=O)C(C)(C)C)C2. The molecule has 2 fully saturated rings. The highest BCUT2D eigenvalue weighted by Gasteiger charge is 2.47. The van der Waals surface area contributed by atoms with Gasteiger partial charge in [-0.05, 0) is 70.6 Å². The van der Waals surface area contributed by atoms with Crippen LogP contribution >= 0.6 is 0 Å². The lowest BCUT2D eigenvalue weighted by Crippen LogP contribution is -2.51. The number of hydrogen-bond donors (Lipinski definition) is 1. The highest BCUT2D eigenvalue weighted by Crippen LogP contribution is 2.51. The molecule has 5 heteroatoms. The Hall–Kier alpha value is -0.580. The van der Waals surface area contributed by atoms with Gasteiger partial charge in [0.2, 0.25) is 15.9 Å². The van der Waals surface area contributed by atoms with Crippen LogP contribution in [0.1, 0.15) is 73.1 Å². The molecule has 0 heterocycles. The minimum absolute atomic E-state index is 0.299. The third-order valence-electron chi connectivity index (χ3n) is 5.64. The zero-order valence-electron chi connectivity index (χ0n) is 14.6. The lowest BCUT2D eigenvalue weighted by Gasteiger charge is -2.46. The number of fused-ring (bicyclic) bond motifs is 2. The van der Waals surface area contributed by atoms with Crippen molar-refractivity contribution in [2.45, 2.75) is 77.9 Å². The van der Waals surface area contributed by atoms with Crippen LogP contribution in [0.2, 0.25) is 0 Å². The molecule has 2 aliphatic carbocycles. The molecule has 22 heavy (non-hydrogen) atoms. The highest BCUT2D eigenvalue weighted by atomic mass is 32.2. The average molecular weight is 330 g/mol. The van der Waals surface area contributed by atoms with Gasteiger partial charge >= 0.3 is 0 Å². The summed E-state index contributed by atoms with van der Waals surface area (Å²) in [5.74, 6) is 1.64. The first kappa shape index (κ1) is 17.8. The number of carbonyl (C=O) groups excluding carboxylic acids is 1. The van der Waals surface area contributed by atoms with Gasteiger partial charge in [-0.1, -0.05) is 20.3 Å². The topological polar surface area (TPSA) is 63.2 Å². The van der Waals surface area contributed by atoms with Crippen LogP contribution < -0.4 is 4.72 Å². The summed E-state index contributed by atoms with van der Waals surface area (Å²) in [5, 5.41) is 0. The van der Waals surface area contributed by atoms with Gasteiger partial charge in [-0.25, -0.2) is 8.42 Å². The lowest BCUT2D eigenvalue weighted by molar-refractivity contribution is -0.133. The van der Waals surface area contributed by atoms with Crippen LogP contribution in [0.25, 0.3) is 0 Å². The third kappa shape index (κ3) is 3.50. The fraction of sp³-hybridized carbons (Fsp3) is 0.941. The number of amides is 1. The molecule has 2 bridgehead atoms. The third-order valence-corrected chi connectivity index (χ3v) is 7.70. The van der Waals surface area contributed by atoms with Crippen molar-refractivity contribution in [2.75, 3.05) is 0 Å². The van der Waals surface area contributed by atoms with Crippen molar-refractivity contribution in [3.05, 3.63) is 0 Å². The molecule has 0 spiro atoms. The van der Waals surface area contributed by atoms with E-state index in [1.54, 1.807) is 20.8 Å². The van der Waals surface area contributed by atoms with Crippen LogP contribution in [0, 0.1) is 23.2 Å². The molecule has 2 atom stereocenters. The van der Waals surface area contributed by atoms with Gasteiger partial charge in [-0.2, -0.15) is 0 Å². The van der Waals surface area contributed by atoms with Crippen LogP contribution in [0.15, 0.2) is 0 Å². The van der Waals surface area contributed by atoms with E-state index in [0.717, 1.165) is 18.8 Å². The van der Waals surface area contributed by atoms with Crippen molar-refractivity contribution in [1.82, 2.24) is 4.72 Å². The van der Waals surface area contributed by atoms with Gasteiger partial charge in [0.1, 0.15) is 0 Å². The van der Waals surface area contributed by atoms with Crippen molar-refractivity contribution in [3.63, 3.8) is 0 Å². The van der Waals surface area contributed by atoms with E-state index < -0.39 is 20.2 Å².